The maximum absolute atomic E-state index is 7.45. The lowest BCUT2D eigenvalue weighted by atomic mass is 10.0. The Labute approximate surface area is 96.2 Å². The van der Waals surface area contributed by atoms with Crippen molar-refractivity contribution < 1.29 is 0 Å². The van der Waals surface area contributed by atoms with Gasteiger partial charge in [-0.05, 0) is 31.1 Å². The van der Waals surface area contributed by atoms with Crippen molar-refractivity contribution in [3.05, 3.63) is 47.8 Å². The number of hydrogen-bond donors (Lipinski definition) is 2. The quantitative estimate of drug-likeness (QED) is 0.598. The Morgan fingerprint density at radius 1 is 1.62 bits per heavy atom. The first-order valence-electron chi connectivity index (χ1n) is 5.13. The van der Waals surface area contributed by atoms with E-state index in [4.69, 9.17) is 11.1 Å². The monoisotopic (exact) mass is 215 g/mol. The van der Waals surface area contributed by atoms with Gasteiger partial charge in [0.1, 0.15) is 0 Å². The lowest BCUT2D eigenvalue weighted by Crippen LogP contribution is -2.01. The normalized spacial score (nSPS) is 11.3. The van der Waals surface area contributed by atoms with Gasteiger partial charge in [-0.2, -0.15) is 0 Å². The molecule has 0 fully saturated rings. The van der Waals surface area contributed by atoms with Crippen LogP contribution in [0, 0.1) is 12.3 Å². The Hall–Kier alpha value is -1.74. The van der Waals surface area contributed by atoms with Gasteiger partial charge in [-0.3, -0.25) is 4.98 Å². The topological polar surface area (TPSA) is 62.8 Å². The van der Waals surface area contributed by atoms with Gasteiger partial charge < -0.3 is 11.1 Å². The van der Waals surface area contributed by atoms with Crippen molar-refractivity contribution in [2.24, 2.45) is 5.73 Å². The van der Waals surface area contributed by atoms with Crippen LogP contribution >= 0.6 is 0 Å². The fourth-order valence-electron chi connectivity index (χ4n) is 1.50. The van der Waals surface area contributed by atoms with Gasteiger partial charge in [0.2, 0.25) is 0 Å². The zero-order valence-electron chi connectivity index (χ0n) is 9.75. The fourth-order valence-corrected chi connectivity index (χ4v) is 1.50. The summed E-state index contributed by atoms with van der Waals surface area (Å²) in [4.78, 5) is 4.36. The van der Waals surface area contributed by atoms with Crippen LogP contribution in [0.5, 0.6) is 0 Å². The first-order valence-corrected chi connectivity index (χ1v) is 5.13. The number of nitrogens with two attached hydrogens (primary N) is 1. The van der Waals surface area contributed by atoms with Crippen LogP contribution in [-0.4, -0.2) is 10.7 Å². The zero-order valence-corrected chi connectivity index (χ0v) is 9.75. The van der Waals surface area contributed by atoms with E-state index in [1.807, 2.05) is 13.0 Å². The molecule has 0 aliphatic rings. The van der Waals surface area contributed by atoms with Gasteiger partial charge in [-0.15, -0.1) is 0 Å². The van der Waals surface area contributed by atoms with Gasteiger partial charge >= 0.3 is 0 Å². The van der Waals surface area contributed by atoms with E-state index in [1.165, 1.54) is 0 Å². The van der Waals surface area contributed by atoms with Gasteiger partial charge in [0.25, 0.3) is 0 Å². The number of rotatable bonds is 4. The molecule has 0 aromatic carbocycles. The zero-order chi connectivity index (χ0) is 12.1. The Morgan fingerprint density at radius 3 is 2.75 bits per heavy atom. The second-order valence-electron chi connectivity index (χ2n) is 3.70. The standard InChI is InChI=1S/C13H17N3/c1-4-12(6-10(3)15)13-9(2)5-11(7-14)8-16-13/h4-6,8,15H,1,7,14H2,2-3H3/b12-6+,15-10?. The molecular formula is C13H17N3. The van der Waals surface area contributed by atoms with E-state index in [1.54, 1.807) is 25.3 Å². The van der Waals surface area contributed by atoms with Crippen LogP contribution in [0.3, 0.4) is 0 Å². The van der Waals surface area contributed by atoms with Crippen LogP contribution in [0.2, 0.25) is 0 Å². The minimum absolute atomic E-state index is 0.485. The van der Waals surface area contributed by atoms with E-state index >= 15 is 0 Å². The van der Waals surface area contributed by atoms with E-state index in [2.05, 4.69) is 11.6 Å². The summed E-state index contributed by atoms with van der Waals surface area (Å²) in [6, 6.07) is 2.01. The second kappa shape index (κ2) is 5.37. The molecule has 0 bridgehead atoms. The van der Waals surface area contributed by atoms with Crippen molar-refractivity contribution >= 4 is 11.3 Å². The number of hydrogen-bond acceptors (Lipinski definition) is 3. The molecule has 0 aliphatic carbocycles. The first-order chi connectivity index (χ1) is 7.58. The molecule has 0 saturated heterocycles. The Bertz CT molecular complexity index is 444. The van der Waals surface area contributed by atoms with Crippen molar-refractivity contribution in [2.75, 3.05) is 0 Å². The molecular weight excluding hydrogens is 198 g/mol. The van der Waals surface area contributed by atoms with Crippen LogP contribution in [0.15, 0.2) is 31.0 Å². The van der Waals surface area contributed by atoms with E-state index in [-0.39, 0.29) is 0 Å². The molecule has 16 heavy (non-hydrogen) atoms. The van der Waals surface area contributed by atoms with Crippen LogP contribution in [0.25, 0.3) is 5.57 Å². The van der Waals surface area contributed by atoms with E-state index < -0.39 is 0 Å². The molecule has 0 radical (unpaired) electrons. The van der Waals surface area contributed by atoms with Gasteiger partial charge in [0.15, 0.2) is 0 Å². The highest BCUT2D eigenvalue weighted by Crippen LogP contribution is 2.18. The number of pyridine rings is 1. The summed E-state index contributed by atoms with van der Waals surface area (Å²) in [6.45, 7) is 7.95. The molecule has 0 aliphatic heterocycles. The maximum atomic E-state index is 7.45. The molecule has 1 aromatic rings. The Kier molecular flexibility index (Phi) is 4.14. The fraction of sp³-hybridized carbons (Fsp3) is 0.231. The van der Waals surface area contributed by atoms with Crippen molar-refractivity contribution in [3.8, 4) is 0 Å². The molecule has 1 heterocycles. The molecule has 3 N–H and O–H groups in total. The van der Waals surface area contributed by atoms with Crippen molar-refractivity contribution in [1.82, 2.24) is 4.98 Å². The predicted octanol–water partition coefficient (Wildman–Crippen LogP) is 2.46. The van der Waals surface area contributed by atoms with Crippen molar-refractivity contribution in [3.63, 3.8) is 0 Å². The molecule has 84 valence electrons. The molecule has 1 aromatic heterocycles. The third-order valence-corrected chi connectivity index (χ3v) is 2.24. The summed E-state index contributed by atoms with van der Waals surface area (Å²) in [7, 11) is 0. The molecule has 0 atom stereocenters. The van der Waals surface area contributed by atoms with Gasteiger partial charge in [0.05, 0.1) is 5.69 Å². The lowest BCUT2D eigenvalue weighted by molar-refractivity contribution is 1.03. The minimum Gasteiger partial charge on any atom is -0.326 e. The molecule has 1 rings (SSSR count). The SMILES string of the molecule is C=C/C(=C\C(C)=N)c1ncc(CN)cc1C. The highest BCUT2D eigenvalue weighted by atomic mass is 14.7. The summed E-state index contributed by atoms with van der Waals surface area (Å²) in [6.07, 6.45) is 5.24. The highest BCUT2D eigenvalue weighted by Gasteiger charge is 2.04. The molecule has 0 amide bonds. The first kappa shape index (κ1) is 12.3. The highest BCUT2D eigenvalue weighted by molar-refractivity contribution is 5.98. The van der Waals surface area contributed by atoms with Crippen LogP contribution in [-0.2, 0) is 6.54 Å². The summed E-state index contributed by atoms with van der Waals surface area (Å²) < 4.78 is 0. The molecule has 0 spiro atoms. The molecule has 3 heteroatoms. The van der Waals surface area contributed by atoms with Crippen LogP contribution < -0.4 is 5.73 Å². The van der Waals surface area contributed by atoms with E-state index in [0.717, 1.165) is 22.4 Å². The number of allylic oxidation sites excluding steroid dienone is 3. The van der Waals surface area contributed by atoms with Gasteiger partial charge in [-0.25, -0.2) is 0 Å². The Morgan fingerprint density at radius 2 is 2.31 bits per heavy atom. The van der Waals surface area contributed by atoms with E-state index in [9.17, 15) is 0 Å². The second-order valence-corrected chi connectivity index (χ2v) is 3.70. The molecule has 0 unspecified atom stereocenters. The summed E-state index contributed by atoms with van der Waals surface area (Å²) in [5.74, 6) is 0. The third-order valence-electron chi connectivity index (χ3n) is 2.24. The lowest BCUT2D eigenvalue weighted by Gasteiger charge is -2.07. The average Bonchev–Trinajstić information content (AvgIpc) is 2.25. The number of nitrogens with zero attached hydrogens (tertiary/aromatic N) is 1. The number of aromatic nitrogens is 1. The molecule has 3 nitrogen and oxygen atoms in total. The largest absolute Gasteiger partial charge is 0.326 e. The van der Waals surface area contributed by atoms with Crippen LogP contribution in [0.4, 0.5) is 0 Å². The maximum Gasteiger partial charge on any atom is 0.0731 e. The number of nitrogens with one attached hydrogen (secondary N) is 1. The summed E-state index contributed by atoms with van der Waals surface area (Å²) in [5.41, 5.74) is 9.83. The average molecular weight is 215 g/mol. The van der Waals surface area contributed by atoms with Crippen molar-refractivity contribution in [2.45, 2.75) is 20.4 Å². The van der Waals surface area contributed by atoms with Crippen molar-refractivity contribution in [1.29, 1.82) is 5.41 Å². The number of aryl methyl sites for hydroxylation is 1. The predicted molar refractivity (Wildman–Crippen MR) is 68.4 cm³/mol. The van der Waals surface area contributed by atoms with E-state index in [0.29, 0.717) is 12.3 Å². The van der Waals surface area contributed by atoms with Crippen LogP contribution in [0.1, 0.15) is 23.7 Å². The Balaban J connectivity index is 3.21. The third kappa shape index (κ3) is 2.87. The summed E-state index contributed by atoms with van der Waals surface area (Å²) in [5, 5.41) is 7.45. The van der Waals surface area contributed by atoms with Gasteiger partial charge in [-0.1, -0.05) is 18.7 Å². The summed E-state index contributed by atoms with van der Waals surface area (Å²) >= 11 is 0. The minimum atomic E-state index is 0.485. The molecule has 0 saturated carbocycles. The smallest absolute Gasteiger partial charge is 0.0731 e. The van der Waals surface area contributed by atoms with Gasteiger partial charge in [0, 0.05) is 24.0 Å².